The number of rotatable bonds is 5. The maximum absolute atomic E-state index is 12.3. The summed E-state index contributed by atoms with van der Waals surface area (Å²) in [6.45, 7) is 9.18. The summed E-state index contributed by atoms with van der Waals surface area (Å²) in [6.07, 6.45) is 1.43. The first kappa shape index (κ1) is 19.0. The van der Waals surface area contributed by atoms with Gasteiger partial charge in [0.05, 0.1) is 18.0 Å². The van der Waals surface area contributed by atoms with E-state index in [1.54, 1.807) is 31.3 Å². The third kappa shape index (κ3) is 3.66. The Balaban J connectivity index is 1.61. The molecule has 9 nitrogen and oxygen atoms in total. The second-order valence-electron chi connectivity index (χ2n) is 6.56. The molecule has 2 heterocycles. The molecule has 30 heavy (non-hydrogen) atoms. The van der Waals surface area contributed by atoms with Crippen molar-refractivity contribution >= 4 is 5.69 Å². The van der Waals surface area contributed by atoms with Gasteiger partial charge in [-0.05, 0) is 34.5 Å². The van der Waals surface area contributed by atoms with Gasteiger partial charge in [-0.2, -0.15) is 9.36 Å². The molecule has 4 rings (SSSR count). The van der Waals surface area contributed by atoms with Gasteiger partial charge in [-0.25, -0.2) is 19.6 Å². The van der Waals surface area contributed by atoms with Gasteiger partial charge in [0.2, 0.25) is 5.88 Å². The van der Waals surface area contributed by atoms with Crippen LogP contribution in [-0.2, 0) is 13.7 Å². The van der Waals surface area contributed by atoms with Crippen LogP contribution in [0.25, 0.3) is 21.8 Å². The topological polar surface area (TPSA) is 92.1 Å². The average Bonchev–Trinajstić information content (AvgIpc) is 3.11. The Morgan fingerprint density at radius 1 is 1.10 bits per heavy atom. The van der Waals surface area contributed by atoms with Crippen molar-refractivity contribution in [2.75, 3.05) is 0 Å². The monoisotopic (exact) mass is 399 g/mol. The zero-order valence-corrected chi connectivity index (χ0v) is 16.4. The van der Waals surface area contributed by atoms with Gasteiger partial charge in [-0.1, -0.05) is 36.4 Å². The second-order valence-corrected chi connectivity index (χ2v) is 6.56. The molecule has 0 atom stereocenters. The Morgan fingerprint density at radius 3 is 2.60 bits per heavy atom. The number of hydrogen-bond donors (Lipinski definition) is 0. The van der Waals surface area contributed by atoms with Crippen LogP contribution in [-0.4, -0.2) is 29.8 Å². The zero-order chi connectivity index (χ0) is 21.1. The Kier molecular flexibility index (Phi) is 5.05. The average molecular weight is 399 g/mol. The standard InChI is InChI=1S/C21H17N7O2/c1-14-5-4-6-19(28-21(29)27(3)25-26-28)17(14)12-30-20-11-18(23-13-24-20)15-7-9-16(22-2)10-8-15/h4-11,13H,12H2,1,3H3. The number of aromatic nitrogens is 6. The van der Waals surface area contributed by atoms with E-state index in [1.165, 1.54) is 15.7 Å². The molecule has 4 aromatic rings. The van der Waals surface area contributed by atoms with Crippen LogP contribution in [0.1, 0.15) is 11.1 Å². The van der Waals surface area contributed by atoms with Crippen molar-refractivity contribution in [1.29, 1.82) is 0 Å². The number of hydrogen-bond acceptors (Lipinski definition) is 6. The number of ether oxygens (including phenoxy) is 1. The lowest BCUT2D eigenvalue weighted by Gasteiger charge is -2.12. The van der Waals surface area contributed by atoms with Crippen LogP contribution in [0.2, 0.25) is 0 Å². The quantitative estimate of drug-likeness (QED) is 0.479. The lowest BCUT2D eigenvalue weighted by molar-refractivity contribution is 0.292. The smallest absolute Gasteiger partial charge is 0.368 e. The van der Waals surface area contributed by atoms with E-state index in [4.69, 9.17) is 11.3 Å². The van der Waals surface area contributed by atoms with Crippen LogP contribution in [0.4, 0.5) is 5.69 Å². The fourth-order valence-corrected chi connectivity index (χ4v) is 2.97. The molecule has 2 aromatic carbocycles. The normalized spacial score (nSPS) is 10.6. The SMILES string of the molecule is [C-]#[N+]c1ccc(-c2cc(OCc3c(C)cccc3-n3nnn(C)c3=O)ncn2)cc1. The zero-order valence-electron chi connectivity index (χ0n) is 16.4. The molecule has 9 heteroatoms. The highest BCUT2D eigenvalue weighted by molar-refractivity contribution is 5.63. The van der Waals surface area contributed by atoms with Crippen LogP contribution in [0.3, 0.4) is 0 Å². The van der Waals surface area contributed by atoms with E-state index in [2.05, 4.69) is 25.2 Å². The van der Waals surface area contributed by atoms with Crippen molar-refractivity contribution in [3.05, 3.63) is 87.9 Å². The summed E-state index contributed by atoms with van der Waals surface area (Å²) in [6, 6.07) is 14.5. The van der Waals surface area contributed by atoms with Gasteiger partial charge >= 0.3 is 5.69 Å². The molecule has 2 aromatic heterocycles. The number of tetrazole rings is 1. The molecule has 0 saturated heterocycles. The Bertz CT molecular complexity index is 1300. The van der Waals surface area contributed by atoms with Crippen molar-refractivity contribution in [1.82, 2.24) is 29.8 Å². The molecule has 148 valence electrons. The minimum atomic E-state index is -0.339. The molecular formula is C21H17N7O2. The first-order valence-electron chi connectivity index (χ1n) is 9.07. The van der Waals surface area contributed by atoms with Gasteiger partial charge in [0.15, 0.2) is 5.69 Å². The predicted octanol–water partition coefficient (Wildman–Crippen LogP) is 2.86. The first-order chi connectivity index (χ1) is 14.6. The van der Waals surface area contributed by atoms with E-state index < -0.39 is 0 Å². The van der Waals surface area contributed by atoms with E-state index >= 15 is 0 Å². The van der Waals surface area contributed by atoms with Crippen molar-refractivity contribution in [3.63, 3.8) is 0 Å². The van der Waals surface area contributed by atoms with E-state index in [-0.39, 0.29) is 12.3 Å². The van der Waals surface area contributed by atoms with Crippen LogP contribution in [0.5, 0.6) is 5.88 Å². The molecule has 0 aliphatic carbocycles. The summed E-state index contributed by atoms with van der Waals surface area (Å²) in [5, 5.41) is 7.70. The van der Waals surface area contributed by atoms with Crippen molar-refractivity contribution < 1.29 is 4.74 Å². The molecule has 0 aliphatic heterocycles. The van der Waals surface area contributed by atoms with Crippen LogP contribution < -0.4 is 10.4 Å². The van der Waals surface area contributed by atoms with Crippen LogP contribution in [0, 0.1) is 13.5 Å². The predicted molar refractivity (Wildman–Crippen MR) is 109 cm³/mol. The highest BCUT2D eigenvalue weighted by atomic mass is 16.5. The first-order valence-corrected chi connectivity index (χ1v) is 9.07. The summed E-state index contributed by atoms with van der Waals surface area (Å²) in [7, 11) is 1.55. The molecule has 0 aliphatic rings. The fraction of sp³-hybridized carbons (Fsp3) is 0.143. The fourth-order valence-electron chi connectivity index (χ4n) is 2.97. The molecular weight excluding hydrogens is 382 g/mol. The van der Waals surface area contributed by atoms with Gasteiger partial charge in [-0.3, -0.25) is 0 Å². The molecule has 0 radical (unpaired) electrons. The highest BCUT2D eigenvalue weighted by Crippen LogP contribution is 2.24. The summed E-state index contributed by atoms with van der Waals surface area (Å²) < 4.78 is 8.33. The van der Waals surface area contributed by atoms with E-state index in [1.807, 2.05) is 31.2 Å². The van der Waals surface area contributed by atoms with E-state index in [0.29, 0.717) is 22.9 Å². The lowest BCUT2D eigenvalue weighted by Crippen LogP contribution is -2.23. The number of benzene rings is 2. The molecule has 0 saturated carbocycles. The Hall–Kier alpha value is -4.32. The molecule has 0 N–H and O–H groups in total. The maximum Gasteiger partial charge on any atom is 0.368 e. The van der Waals surface area contributed by atoms with Crippen LogP contribution in [0.15, 0.2) is 59.7 Å². The van der Waals surface area contributed by atoms with Gasteiger partial charge in [0, 0.05) is 18.7 Å². The maximum atomic E-state index is 12.3. The number of nitrogens with zero attached hydrogens (tertiary/aromatic N) is 7. The lowest BCUT2D eigenvalue weighted by atomic mass is 10.1. The van der Waals surface area contributed by atoms with E-state index in [0.717, 1.165) is 16.7 Å². The molecule has 0 amide bonds. The summed E-state index contributed by atoms with van der Waals surface area (Å²) in [4.78, 5) is 24.1. The molecule has 0 fully saturated rings. The molecule has 0 unspecified atom stereocenters. The van der Waals surface area contributed by atoms with E-state index in [9.17, 15) is 4.79 Å². The van der Waals surface area contributed by atoms with Crippen molar-refractivity contribution in [3.8, 4) is 22.8 Å². The second kappa shape index (κ2) is 7.97. The van der Waals surface area contributed by atoms with Crippen molar-refractivity contribution in [2.45, 2.75) is 13.5 Å². The van der Waals surface area contributed by atoms with Crippen molar-refractivity contribution in [2.24, 2.45) is 7.05 Å². The van der Waals surface area contributed by atoms with Gasteiger partial charge in [0.1, 0.15) is 12.9 Å². The minimum Gasteiger partial charge on any atom is -0.473 e. The van der Waals surface area contributed by atoms with Gasteiger partial charge in [-0.15, -0.1) is 0 Å². The summed E-state index contributed by atoms with van der Waals surface area (Å²) in [5.41, 5.74) is 4.14. The van der Waals surface area contributed by atoms with Crippen LogP contribution >= 0.6 is 0 Å². The highest BCUT2D eigenvalue weighted by Gasteiger charge is 2.14. The summed E-state index contributed by atoms with van der Waals surface area (Å²) in [5.74, 6) is 0.398. The van der Waals surface area contributed by atoms with Gasteiger partial charge < -0.3 is 4.74 Å². The minimum absolute atomic E-state index is 0.193. The third-order valence-corrected chi connectivity index (χ3v) is 4.63. The Morgan fingerprint density at radius 2 is 1.90 bits per heavy atom. The molecule has 0 bridgehead atoms. The van der Waals surface area contributed by atoms with Gasteiger partial charge in [0.25, 0.3) is 0 Å². The molecule has 0 spiro atoms. The third-order valence-electron chi connectivity index (χ3n) is 4.63. The Labute approximate surface area is 172 Å². The largest absolute Gasteiger partial charge is 0.473 e. The summed E-state index contributed by atoms with van der Waals surface area (Å²) >= 11 is 0. The number of aryl methyl sites for hydroxylation is 2.